The van der Waals surface area contributed by atoms with Crippen LogP contribution in [-0.4, -0.2) is 14.5 Å². The van der Waals surface area contributed by atoms with Crippen LogP contribution >= 0.6 is 0 Å². The Hall–Kier alpha value is -1.72. The van der Waals surface area contributed by atoms with Gasteiger partial charge < -0.3 is 0 Å². The topological polar surface area (TPSA) is 46.2 Å². The van der Waals surface area contributed by atoms with Crippen LogP contribution in [0.1, 0.15) is 18.9 Å². The second-order valence-corrected chi connectivity index (χ2v) is 6.66. The maximum absolute atomic E-state index is 13.6. The van der Waals surface area contributed by atoms with Crippen LogP contribution in [0.25, 0.3) is 0 Å². The van der Waals surface area contributed by atoms with Gasteiger partial charge in [0.25, 0.3) is 0 Å². The Morgan fingerprint density at radius 3 is 2.33 bits per heavy atom. The molecule has 0 saturated carbocycles. The number of halogens is 1. The highest BCUT2D eigenvalue weighted by Gasteiger charge is 2.20. The van der Waals surface area contributed by atoms with Crippen molar-refractivity contribution in [2.24, 2.45) is 0 Å². The highest BCUT2D eigenvalue weighted by Crippen LogP contribution is 2.14. The second-order valence-electron chi connectivity index (χ2n) is 4.98. The molecule has 0 bridgehead atoms. The quantitative estimate of drug-likeness (QED) is 0.891. The van der Waals surface area contributed by atoms with E-state index in [4.69, 9.17) is 0 Å². The molecule has 0 aliphatic heterocycles. The van der Waals surface area contributed by atoms with E-state index < -0.39 is 15.8 Å². The third kappa shape index (κ3) is 4.37. The van der Waals surface area contributed by atoms with Crippen molar-refractivity contribution < 1.29 is 12.8 Å². The van der Waals surface area contributed by atoms with E-state index in [1.54, 1.807) is 6.92 Å². The zero-order valence-electron chi connectivity index (χ0n) is 11.8. The standard InChI is InChI=1S/C16H18FNO2S/c1-13(11-12-14-7-3-2-4-8-14)18-21(19,20)16-10-6-5-9-15(16)17/h2-10,13,18H,11-12H2,1H3/t13-/m1/s1. The molecule has 0 spiro atoms. The van der Waals surface area contributed by atoms with Crippen molar-refractivity contribution in [2.45, 2.75) is 30.7 Å². The highest BCUT2D eigenvalue weighted by atomic mass is 32.2. The predicted octanol–water partition coefficient (Wildman–Crippen LogP) is 3.13. The van der Waals surface area contributed by atoms with Crippen LogP contribution < -0.4 is 4.72 Å². The van der Waals surface area contributed by atoms with Crippen molar-refractivity contribution >= 4 is 10.0 Å². The molecule has 0 heterocycles. The molecule has 0 fully saturated rings. The molecule has 0 aliphatic rings. The third-order valence-corrected chi connectivity index (χ3v) is 4.81. The first kappa shape index (κ1) is 15.7. The summed E-state index contributed by atoms with van der Waals surface area (Å²) in [6.45, 7) is 1.78. The van der Waals surface area contributed by atoms with Gasteiger partial charge >= 0.3 is 0 Å². The van der Waals surface area contributed by atoms with Crippen molar-refractivity contribution in [3.8, 4) is 0 Å². The summed E-state index contributed by atoms with van der Waals surface area (Å²) in [6.07, 6.45) is 1.42. The summed E-state index contributed by atoms with van der Waals surface area (Å²) < 4.78 is 40.3. The van der Waals surface area contributed by atoms with Gasteiger partial charge in [0.1, 0.15) is 10.7 Å². The Morgan fingerprint density at radius 2 is 1.67 bits per heavy atom. The summed E-state index contributed by atoms with van der Waals surface area (Å²) in [5, 5.41) is 0. The summed E-state index contributed by atoms with van der Waals surface area (Å²) in [4.78, 5) is -0.309. The van der Waals surface area contributed by atoms with Crippen LogP contribution in [0.3, 0.4) is 0 Å². The lowest BCUT2D eigenvalue weighted by atomic mass is 10.1. The smallest absolute Gasteiger partial charge is 0.208 e. The van der Waals surface area contributed by atoms with Crippen LogP contribution in [0, 0.1) is 5.82 Å². The van der Waals surface area contributed by atoms with Crippen LogP contribution in [0.5, 0.6) is 0 Å². The van der Waals surface area contributed by atoms with Gasteiger partial charge in [-0.2, -0.15) is 0 Å². The summed E-state index contributed by atoms with van der Waals surface area (Å²) >= 11 is 0. The summed E-state index contributed by atoms with van der Waals surface area (Å²) in [5.74, 6) is -0.736. The van der Waals surface area contributed by atoms with Crippen molar-refractivity contribution in [2.75, 3.05) is 0 Å². The molecule has 2 rings (SSSR count). The maximum atomic E-state index is 13.6. The van der Waals surface area contributed by atoms with Gasteiger partial charge in [0.15, 0.2) is 0 Å². The summed E-state index contributed by atoms with van der Waals surface area (Å²) in [7, 11) is -3.82. The van der Waals surface area contributed by atoms with E-state index >= 15 is 0 Å². The monoisotopic (exact) mass is 307 g/mol. The van der Waals surface area contributed by atoms with Gasteiger partial charge in [-0.05, 0) is 37.5 Å². The fourth-order valence-electron chi connectivity index (χ4n) is 2.08. The Kier molecular flexibility index (Phi) is 5.09. The lowest BCUT2D eigenvalue weighted by Gasteiger charge is -2.14. The molecule has 3 nitrogen and oxygen atoms in total. The SMILES string of the molecule is C[C@H](CCc1ccccc1)NS(=O)(=O)c1ccccc1F. The van der Waals surface area contributed by atoms with Gasteiger partial charge in [-0.3, -0.25) is 0 Å². The average molecular weight is 307 g/mol. The fraction of sp³-hybridized carbons (Fsp3) is 0.250. The van der Waals surface area contributed by atoms with Crippen LogP contribution in [0.2, 0.25) is 0 Å². The number of rotatable bonds is 6. The van der Waals surface area contributed by atoms with E-state index in [0.29, 0.717) is 6.42 Å². The minimum absolute atomic E-state index is 0.269. The molecular formula is C16H18FNO2S. The minimum Gasteiger partial charge on any atom is -0.208 e. The zero-order chi connectivity index (χ0) is 15.3. The summed E-state index contributed by atoms with van der Waals surface area (Å²) in [5.41, 5.74) is 1.15. The van der Waals surface area contributed by atoms with Crippen molar-refractivity contribution in [3.63, 3.8) is 0 Å². The number of hydrogen-bond acceptors (Lipinski definition) is 2. The number of hydrogen-bond donors (Lipinski definition) is 1. The largest absolute Gasteiger partial charge is 0.243 e. The summed E-state index contributed by atoms with van der Waals surface area (Å²) in [6, 6.07) is 14.9. The van der Waals surface area contributed by atoms with Crippen LogP contribution in [0.4, 0.5) is 4.39 Å². The maximum Gasteiger partial charge on any atom is 0.243 e. The van der Waals surface area contributed by atoms with Gasteiger partial charge in [0, 0.05) is 6.04 Å². The molecule has 0 radical (unpaired) electrons. The van der Waals surface area contributed by atoms with E-state index in [-0.39, 0.29) is 10.9 Å². The van der Waals surface area contributed by atoms with E-state index in [9.17, 15) is 12.8 Å². The van der Waals surface area contributed by atoms with Gasteiger partial charge in [0.2, 0.25) is 10.0 Å². The molecule has 2 aromatic rings. The fourth-order valence-corrected chi connectivity index (χ4v) is 3.43. The molecular weight excluding hydrogens is 289 g/mol. The lowest BCUT2D eigenvalue weighted by molar-refractivity contribution is 0.533. The predicted molar refractivity (Wildman–Crippen MR) is 80.9 cm³/mol. The second kappa shape index (κ2) is 6.83. The first-order valence-corrected chi connectivity index (χ1v) is 8.28. The van der Waals surface area contributed by atoms with Crippen molar-refractivity contribution in [1.29, 1.82) is 0 Å². The van der Waals surface area contributed by atoms with E-state index in [0.717, 1.165) is 18.1 Å². The van der Waals surface area contributed by atoms with Crippen molar-refractivity contribution in [1.82, 2.24) is 4.72 Å². The minimum atomic E-state index is -3.82. The molecule has 1 N–H and O–H groups in total. The third-order valence-electron chi connectivity index (χ3n) is 3.19. The normalized spacial score (nSPS) is 13.0. The van der Waals surface area contributed by atoms with Gasteiger partial charge in [0.05, 0.1) is 0 Å². The molecule has 5 heteroatoms. The van der Waals surface area contributed by atoms with Crippen LogP contribution in [-0.2, 0) is 16.4 Å². The Bertz CT molecular complexity index is 686. The van der Waals surface area contributed by atoms with Crippen molar-refractivity contribution in [3.05, 3.63) is 66.0 Å². The van der Waals surface area contributed by atoms with Gasteiger partial charge in [-0.15, -0.1) is 0 Å². The molecule has 21 heavy (non-hydrogen) atoms. The number of aryl methyl sites for hydroxylation is 1. The Labute approximate surface area is 124 Å². The first-order chi connectivity index (χ1) is 9.99. The van der Waals surface area contributed by atoms with Gasteiger partial charge in [-0.25, -0.2) is 17.5 Å². The van der Waals surface area contributed by atoms with E-state index in [1.807, 2.05) is 30.3 Å². The first-order valence-electron chi connectivity index (χ1n) is 6.80. The molecule has 0 aliphatic carbocycles. The molecule has 0 saturated heterocycles. The van der Waals surface area contributed by atoms with Crippen LogP contribution in [0.15, 0.2) is 59.5 Å². The molecule has 0 aromatic heterocycles. The Balaban J connectivity index is 1.99. The molecule has 2 aromatic carbocycles. The van der Waals surface area contributed by atoms with E-state index in [2.05, 4.69) is 4.72 Å². The highest BCUT2D eigenvalue weighted by molar-refractivity contribution is 7.89. The van der Waals surface area contributed by atoms with Gasteiger partial charge in [-0.1, -0.05) is 42.5 Å². The number of sulfonamides is 1. The zero-order valence-corrected chi connectivity index (χ0v) is 12.6. The van der Waals surface area contributed by atoms with E-state index in [1.165, 1.54) is 18.2 Å². The number of nitrogens with one attached hydrogen (secondary N) is 1. The molecule has 1 atom stereocenters. The Morgan fingerprint density at radius 1 is 1.05 bits per heavy atom. The molecule has 0 amide bonds. The molecule has 0 unspecified atom stereocenters. The number of benzene rings is 2. The lowest BCUT2D eigenvalue weighted by Crippen LogP contribution is -2.33. The average Bonchev–Trinajstić information content (AvgIpc) is 2.46. The molecule has 112 valence electrons.